The van der Waals surface area contributed by atoms with Crippen LogP contribution in [0.15, 0.2) is 0 Å². The van der Waals surface area contributed by atoms with Crippen molar-refractivity contribution in [2.75, 3.05) is 13.6 Å². The van der Waals surface area contributed by atoms with Gasteiger partial charge in [-0.3, -0.25) is 9.59 Å². The summed E-state index contributed by atoms with van der Waals surface area (Å²) in [6.07, 6.45) is 0.517. The number of aliphatic carboxylic acids is 1. The van der Waals surface area contributed by atoms with Crippen molar-refractivity contribution in [1.82, 2.24) is 4.90 Å². The van der Waals surface area contributed by atoms with E-state index in [0.29, 0.717) is 6.42 Å². The average Bonchev–Trinajstić information content (AvgIpc) is 2.00. The molecule has 0 radical (unpaired) electrons. The number of nitrogens with zero attached hydrogens (tertiary/aromatic N) is 1. The van der Waals surface area contributed by atoms with Crippen LogP contribution < -0.4 is 5.73 Å². The predicted octanol–water partition coefficient (Wildman–Crippen LogP) is -0.733. The van der Waals surface area contributed by atoms with Gasteiger partial charge >= 0.3 is 5.97 Å². The Hall–Kier alpha value is -1.10. The van der Waals surface area contributed by atoms with Crippen molar-refractivity contribution in [3.63, 3.8) is 0 Å². The number of hydrogen-bond donors (Lipinski definition) is 2. The number of carbonyl (C=O) groups is 2. The standard InChI is InChI=1S/C7H14N2O3/c1-3-5(8)7(12)9(2)4-6(10)11/h5H,3-4,8H2,1-2H3,(H,10,11). The number of nitrogens with two attached hydrogens (primary N) is 1. The second kappa shape index (κ2) is 4.71. The molecular weight excluding hydrogens is 160 g/mol. The first-order valence-corrected chi connectivity index (χ1v) is 3.71. The number of hydrogen-bond acceptors (Lipinski definition) is 3. The molecule has 0 bridgehead atoms. The highest BCUT2D eigenvalue weighted by Crippen LogP contribution is 1.93. The molecule has 1 unspecified atom stereocenters. The molecule has 1 amide bonds. The second-order valence-electron chi connectivity index (χ2n) is 2.60. The lowest BCUT2D eigenvalue weighted by molar-refractivity contribution is -0.143. The van der Waals surface area contributed by atoms with Crippen LogP contribution in [0.4, 0.5) is 0 Å². The van der Waals surface area contributed by atoms with E-state index in [9.17, 15) is 9.59 Å². The Kier molecular flexibility index (Phi) is 4.28. The molecule has 5 heteroatoms. The molecule has 0 saturated carbocycles. The number of amides is 1. The lowest BCUT2D eigenvalue weighted by Gasteiger charge is -2.17. The summed E-state index contributed by atoms with van der Waals surface area (Å²) >= 11 is 0. The van der Waals surface area contributed by atoms with Crippen molar-refractivity contribution in [1.29, 1.82) is 0 Å². The third-order valence-corrected chi connectivity index (χ3v) is 1.51. The minimum absolute atomic E-state index is 0.299. The summed E-state index contributed by atoms with van der Waals surface area (Å²) in [6, 6.07) is -0.589. The molecule has 12 heavy (non-hydrogen) atoms. The van der Waals surface area contributed by atoms with Gasteiger partial charge in [0.05, 0.1) is 6.04 Å². The lowest BCUT2D eigenvalue weighted by Crippen LogP contribution is -2.43. The van der Waals surface area contributed by atoms with Crippen molar-refractivity contribution in [3.8, 4) is 0 Å². The highest BCUT2D eigenvalue weighted by atomic mass is 16.4. The molecule has 1 atom stereocenters. The fraction of sp³-hybridized carbons (Fsp3) is 0.714. The molecule has 0 aromatic carbocycles. The third kappa shape index (κ3) is 3.34. The Bertz CT molecular complexity index is 181. The summed E-state index contributed by atoms with van der Waals surface area (Å²) in [5, 5.41) is 8.35. The SMILES string of the molecule is CCC(N)C(=O)N(C)CC(=O)O. The van der Waals surface area contributed by atoms with Crippen molar-refractivity contribution < 1.29 is 14.7 Å². The van der Waals surface area contributed by atoms with Gasteiger partial charge < -0.3 is 15.7 Å². The van der Waals surface area contributed by atoms with Crippen LogP contribution in [0.25, 0.3) is 0 Å². The number of rotatable bonds is 4. The summed E-state index contributed by atoms with van der Waals surface area (Å²) in [5.41, 5.74) is 5.41. The topological polar surface area (TPSA) is 83.6 Å². The molecule has 0 aromatic rings. The monoisotopic (exact) mass is 174 g/mol. The first-order chi connectivity index (χ1) is 5.49. The highest BCUT2D eigenvalue weighted by Gasteiger charge is 2.17. The maximum Gasteiger partial charge on any atom is 0.323 e. The van der Waals surface area contributed by atoms with Gasteiger partial charge in [0.15, 0.2) is 0 Å². The van der Waals surface area contributed by atoms with Crippen LogP contribution in [0.5, 0.6) is 0 Å². The molecule has 5 nitrogen and oxygen atoms in total. The molecule has 0 aliphatic rings. The van der Waals surface area contributed by atoms with E-state index in [-0.39, 0.29) is 12.5 Å². The minimum Gasteiger partial charge on any atom is -0.480 e. The van der Waals surface area contributed by atoms with Gasteiger partial charge in [-0.15, -0.1) is 0 Å². The molecule has 0 spiro atoms. The van der Waals surface area contributed by atoms with Gasteiger partial charge in [0.2, 0.25) is 5.91 Å². The maximum atomic E-state index is 11.1. The van der Waals surface area contributed by atoms with Gasteiger partial charge in [-0.25, -0.2) is 0 Å². The van der Waals surface area contributed by atoms with Crippen LogP contribution in [-0.4, -0.2) is 41.5 Å². The molecule has 0 aliphatic carbocycles. The number of carboxylic acid groups (broad SMARTS) is 1. The van der Waals surface area contributed by atoms with Crippen LogP contribution in [0.1, 0.15) is 13.3 Å². The van der Waals surface area contributed by atoms with E-state index in [4.69, 9.17) is 10.8 Å². The van der Waals surface area contributed by atoms with Crippen molar-refractivity contribution in [2.24, 2.45) is 5.73 Å². The fourth-order valence-corrected chi connectivity index (χ4v) is 0.739. The van der Waals surface area contributed by atoms with Crippen LogP contribution in [-0.2, 0) is 9.59 Å². The molecule has 0 aliphatic heterocycles. The Morgan fingerprint density at radius 2 is 2.08 bits per heavy atom. The summed E-state index contributed by atoms with van der Waals surface area (Å²) in [5.74, 6) is -1.37. The minimum atomic E-state index is -1.03. The highest BCUT2D eigenvalue weighted by molar-refractivity contribution is 5.84. The van der Waals surface area contributed by atoms with Crippen LogP contribution >= 0.6 is 0 Å². The van der Waals surface area contributed by atoms with Gasteiger partial charge in [0.25, 0.3) is 0 Å². The maximum absolute atomic E-state index is 11.1. The normalized spacial score (nSPS) is 12.2. The summed E-state index contributed by atoms with van der Waals surface area (Å²) < 4.78 is 0. The van der Waals surface area contributed by atoms with Crippen molar-refractivity contribution in [2.45, 2.75) is 19.4 Å². The molecular formula is C7H14N2O3. The Labute approximate surface area is 71.1 Å². The van der Waals surface area contributed by atoms with Gasteiger partial charge in [0, 0.05) is 7.05 Å². The van der Waals surface area contributed by atoms with Crippen molar-refractivity contribution >= 4 is 11.9 Å². The number of carboxylic acids is 1. The Balaban J connectivity index is 4.01. The van der Waals surface area contributed by atoms with E-state index in [0.717, 1.165) is 4.90 Å². The Morgan fingerprint density at radius 1 is 1.58 bits per heavy atom. The Morgan fingerprint density at radius 3 is 2.42 bits per heavy atom. The zero-order chi connectivity index (χ0) is 9.72. The third-order valence-electron chi connectivity index (χ3n) is 1.51. The zero-order valence-electron chi connectivity index (χ0n) is 7.28. The number of likely N-dealkylation sites (N-methyl/N-ethyl adjacent to an activating group) is 1. The van der Waals surface area contributed by atoms with Gasteiger partial charge in [-0.1, -0.05) is 6.92 Å². The van der Waals surface area contributed by atoms with Gasteiger partial charge in [-0.2, -0.15) is 0 Å². The van der Waals surface area contributed by atoms with E-state index in [1.54, 1.807) is 6.92 Å². The molecule has 0 heterocycles. The molecule has 0 aromatic heterocycles. The second-order valence-corrected chi connectivity index (χ2v) is 2.60. The quantitative estimate of drug-likeness (QED) is 0.588. The van der Waals surface area contributed by atoms with Crippen LogP contribution in [0.3, 0.4) is 0 Å². The lowest BCUT2D eigenvalue weighted by atomic mass is 10.2. The smallest absolute Gasteiger partial charge is 0.323 e. The summed E-state index contributed by atoms with van der Waals surface area (Å²) in [7, 11) is 1.42. The summed E-state index contributed by atoms with van der Waals surface area (Å²) in [6.45, 7) is 1.48. The molecule has 0 rings (SSSR count). The molecule has 70 valence electrons. The van der Waals surface area contributed by atoms with E-state index >= 15 is 0 Å². The van der Waals surface area contributed by atoms with Gasteiger partial charge in [0.1, 0.15) is 6.54 Å². The fourth-order valence-electron chi connectivity index (χ4n) is 0.739. The van der Waals surface area contributed by atoms with Crippen LogP contribution in [0.2, 0.25) is 0 Å². The largest absolute Gasteiger partial charge is 0.480 e. The van der Waals surface area contributed by atoms with E-state index in [1.807, 2.05) is 0 Å². The first kappa shape index (κ1) is 10.9. The van der Waals surface area contributed by atoms with E-state index < -0.39 is 12.0 Å². The van der Waals surface area contributed by atoms with Gasteiger partial charge in [-0.05, 0) is 6.42 Å². The predicted molar refractivity (Wildman–Crippen MR) is 43.5 cm³/mol. The summed E-state index contributed by atoms with van der Waals surface area (Å²) in [4.78, 5) is 22.4. The zero-order valence-corrected chi connectivity index (χ0v) is 7.28. The van der Waals surface area contributed by atoms with E-state index in [1.165, 1.54) is 7.05 Å². The van der Waals surface area contributed by atoms with Crippen molar-refractivity contribution in [3.05, 3.63) is 0 Å². The average molecular weight is 174 g/mol. The molecule has 3 N–H and O–H groups in total. The van der Waals surface area contributed by atoms with E-state index in [2.05, 4.69) is 0 Å². The number of carbonyl (C=O) groups excluding carboxylic acids is 1. The first-order valence-electron chi connectivity index (χ1n) is 3.71. The molecule has 0 fully saturated rings. The van der Waals surface area contributed by atoms with Crippen LogP contribution in [0, 0.1) is 0 Å². The molecule has 0 saturated heterocycles.